The number of hydrogen-bond donors (Lipinski definition) is 1. The standard InChI is InChI=1S/C18H18O/c19-18-12-11-16-5-3-14(4-6-16)1-2-15-7-9-17(13-18)10-8-15/h3-12,18-19H,1-2,13H2. The third kappa shape index (κ3) is 3.12. The number of hydrogen-bond acceptors (Lipinski definition) is 1. The summed E-state index contributed by atoms with van der Waals surface area (Å²) in [6.45, 7) is 0. The van der Waals surface area contributed by atoms with E-state index in [9.17, 15) is 5.11 Å². The number of benzene rings is 2. The molecule has 1 atom stereocenters. The molecular weight excluding hydrogens is 232 g/mol. The zero-order valence-corrected chi connectivity index (χ0v) is 10.9. The zero-order chi connectivity index (χ0) is 13.1. The van der Waals surface area contributed by atoms with Gasteiger partial charge in [0.2, 0.25) is 0 Å². The number of aliphatic hydroxyl groups is 1. The summed E-state index contributed by atoms with van der Waals surface area (Å²) < 4.78 is 0. The molecule has 6 rings (SSSR count). The maximum atomic E-state index is 10.0. The van der Waals surface area contributed by atoms with E-state index < -0.39 is 6.10 Å². The van der Waals surface area contributed by atoms with Crippen molar-refractivity contribution in [1.29, 1.82) is 0 Å². The van der Waals surface area contributed by atoms with Crippen LogP contribution in [0.3, 0.4) is 0 Å². The Labute approximate surface area is 114 Å². The second-order valence-corrected chi connectivity index (χ2v) is 5.19. The van der Waals surface area contributed by atoms with Gasteiger partial charge in [0.05, 0.1) is 6.10 Å². The predicted molar refractivity (Wildman–Crippen MR) is 79.0 cm³/mol. The Bertz CT molecular complexity index is 564. The van der Waals surface area contributed by atoms with E-state index in [1.807, 2.05) is 12.2 Å². The first-order valence-electron chi connectivity index (χ1n) is 6.83. The summed E-state index contributed by atoms with van der Waals surface area (Å²) in [6, 6.07) is 17.2. The summed E-state index contributed by atoms with van der Waals surface area (Å²) >= 11 is 0. The van der Waals surface area contributed by atoms with Gasteiger partial charge in [0, 0.05) is 6.42 Å². The Hall–Kier alpha value is -1.86. The van der Waals surface area contributed by atoms with Gasteiger partial charge >= 0.3 is 0 Å². The Kier molecular flexibility index (Phi) is 3.47. The summed E-state index contributed by atoms with van der Waals surface area (Å²) in [5.74, 6) is 0. The molecule has 0 saturated carbocycles. The summed E-state index contributed by atoms with van der Waals surface area (Å²) in [4.78, 5) is 0. The highest BCUT2D eigenvalue weighted by molar-refractivity contribution is 5.50. The largest absolute Gasteiger partial charge is 0.389 e. The maximum Gasteiger partial charge on any atom is 0.0764 e. The topological polar surface area (TPSA) is 20.2 Å². The molecule has 1 heteroatoms. The molecule has 2 aromatic rings. The molecule has 1 nitrogen and oxygen atoms in total. The molecule has 0 saturated heterocycles. The fraction of sp³-hybridized carbons (Fsp3) is 0.222. The summed E-state index contributed by atoms with van der Waals surface area (Å²) in [6.07, 6.45) is 6.26. The smallest absolute Gasteiger partial charge is 0.0764 e. The van der Waals surface area contributed by atoms with Crippen LogP contribution in [0.5, 0.6) is 0 Å². The molecule has 0 aliphatic heterocycles. The van der Waals surface area contributed by atoms with E-state index in [1.54, 1.807) is 0 Å². The average molecular weight is 250 g/mol. The van der Waals surface area contributed by atoms with Crippen molar-refractivity contribution in [3.63, 3.8) is 0 Å². The first-order valence-corrected chi connectivity index (χ1v) is 6.83. The van der Waals surface area contributed by atoms with Gasteiger partial charge in [-0.05, 0) is 35.1 Å². The van der Waals surface area contributed by atoms with Crippen LogP contribution in [0.25, 0.3) is 6.08 Å². The summed E-state index contributed by atoms with van der Waals surface area (Å²) in [5, 5.41) is 10.0. The van der Waals surface area contributed by atoms with E-state index >= 15 is 0 Å². The molecule has 1 N–H and O–H groups in total. The van der Waals surface area contributed by atoms with Gasteiger partial charge in [0.25, 0.3) is 0 Å². The van der Waals surface area contributed by atoms with Gasteiger partial charge < -0.3 is 5.11 Å². The highest BCUT2D eigenvalue weighted by Gasteiger charge is 2.03. The van der Waals surface area contributed by atoms with Crippen LogP contribution in [0.2, 0.25) is 0 Å². The van der Waals surface area contributed by atoms with Gasteiger partial charge in [-0.1, -0.05) is 60.7 Å². The molecule has 0 fully saturated rings. The van der Waals surface area contributed by atoms with Crippen LogP contribution in [0.15, 0.2) is 54.6 Å². The first-order chi connectivity index (χ1) is 9.29. The van der Waals surface area contributed by atoms with Crippen LogP contribution in [0, 0.1) is 0 Å². The predicted octanol–water partition coefficient (Wildman–Crippen LogP) is 3.40. The van der Waals surface area contributed by atoms with E-state index in [-0.39, 0.29) is 0 Å². The van der Waals surface area contributed by atoms with E-state index in [2.05, 4.69) is 48.5 Å². The van der Waals surface area contributed by atoms with E-state index in [0.29, 0.717) is 6.42 Å². The molecule has 4 aliphatic carbocycles. The van der Waals surface area contributed by atoms with Crippen molar-refractivity contribution in [2.75, 3.05) is 0 Å². The highest BCUT2D eigenvalue weighted by atomic mass is 16.3. The lowest BCUT2D eigenvalue weighted by molar-refractivity contribution is 0.224. The van der Waals surface area contributed by atoms with E-state index in [4.69, 9.17) is 0 Å². The maximum absolute atomic E-state index is 10.0. The highest BCUT2D eigenvalue weighted by Crippen LogP contribution is 2.14. The molecule has 4 bridgehead atoms. The van der Waals surface area contributed by atoms with Crippen molar-refractivity contribution in [2.24, 2.45) is 0 Å². The minimum absolute atomic E-state index is 0.423. The lowest BCUT2D eigenvalue weighted by Gasteiger charge is -2.09. The van der Waals surface area contributed by atoms with Crippen molar-refractivity contribution in [3.8, 4) is 0 Å². The van der Waals surface area contributed by atoms with Crippen LogP contribution in [-0.4, -0.2) is 11.2 Å². The number of aryl methyl sites for hydroxylation is 2. The second kappa shape index (κ2) is 5.41. The van der Waals surface area contributed by atoms with Crippen LogP contribution in [0.1, 0.15) is 22.3 Å². The van der Waals surface area contributed by atoms with Crippen molar-refractivity contribution in [2.45, 2.75) is 25.4 Å². The molecule has 0 heterocycles. The molecule has 0 amide bonds. The molecule has 19 heavy (non-hydrogen) atoms. The van der Waals surface area contributed by atoms with Gasteiger partial charge in [0.15, 0.2) is 0 Å². The van der Waals surface area contributed by atoms with Crippen LogP contribution >= 0.6 is 0 Å². The Balaban J connectivity index is 1.95. The quantitative estimate of drug-likeness (QED) is 0.759. The molecule has 0 spiro atoms. The Morgan fingerprint density at radius 2 is 1.26 bits per heavy atom. The zero-order valence-electron chi connectivity index (χ0n) is 10.9. The van der Waals surface area contributed by atoms with Crippen LogP contribution in [-0.2, 0) is 19.3 Å². The Morgan fingerprint density at radius 1 is 0.737 bits per heavy atom. The van der Waals surface area contributed by atoms with Crippen molar-refractivity contribution in [3.05, 3.63) is 76.9 Å². The molecule has 0 aromatic heterocycles. The average Bonchev–Trinajstić information content (AvgIpc) is 2.45. The van der Waals surface area contributed by atoms with Gasteiger partial charge in [-0.2, -0.15) is 0 Å². The fourth-order valence-corrected chi connectivity index (χ4v) is 2.46. The Morgan fingerprint density at radius 3 is 1.89 bits per heavy atom. The van der Waals surface area contributed by atoms with Crippen LogP contribution in [0.4, 0.5) is 0 Å². The normalized spacial score (nSPS) is 18.5. The molecular formula is C18H18O. The fourth-order valence-electron chi connectivity index (χ4n) is 2.46. The molecule has 2 aromatic carbocycles. The van der Waals surface area contributed by atoms with E-state index in [0.717, 1.165) is 18.4 Å². The molecule has 0 radical (unpaired) electrons. The summed E-state index contributed by atoms with van der Waals surface area (Å²) in [7, 11) is 0. The van der Waals surface area contributed by atoms with Crippen LogP contribution < -0.4 is 0 Å². The molecule has 1 unspecified atom stereocenters. The lowest BCUT2D eigenvalue weighted by atomic mass is 9.99. The minimum Gasteiger partial charge on any atom is -0.389 e. The number of rotatable bonds is 0. The molecule has 96 valence electrons. The van der Waals surface area contributed by atoms with Gasteiger partial charge in [0.1, 0.15) is 0 Å². The SMILES string of the molecule is OC1C=Cc2ccc(cc2)CCc2ccc(cc2)C1. The van der Waals surface area contributed by atoms with Crippen molar-refractivity contribution >= 4 is 6.08 Å². The second-order valence-electron chi connectivity index (χ2n) is 5.19. The molecule has 4 aliphatic rings. The van der Waals surface area contributed by atoms with Gasteiger partial charge in [-0.15, -0.1) is 0 Å². The van der Waals surface area contributed by atoms with Crippen molar-refractivity contribution in [1.82, 2.24) is 0 Å². The third-order valence-electron chi connectivity index (χ3n) is 3.66. The van der Waals surface area contributed by atoms with Gasteiger partial charge in [-0.25, -0.2) is 0 Å². The monoisotopic (exact) mass is 250 g/mol. The van der Waals surface area contributed by atoms with E-state index in [1.165, 1.54) is 16.7 Å². The lowest BCUT2D eigenvalue weighted by Crippen LogP contribution is -2.06. The van der Waals surface area contributed by atoms with Crippen molar-refractivity contribution < 1.29 is 5.11 Å². The first kappa shape index (κ1) is 12.2. The summed E-state index contributed by atoms with van der Waals surface area (Å²) in [5.41, 5.74) is 5.05. The minimum atomic E-state index is -0.423. The van der Waals surface area contributed by atoms with Gasteiger partial charge in [-0.3, -0.25) is 0 Å². The number of aliphatic hydroxyl groups excluding tert-OH is 1. The third-order valence-corrected chi connectivity index (χ3v) is 3.66.